The van der Waals surface area contributed by atoms with E-state index in [0.717, 1.165) is 0 Å². The molecule has 2 aromatic heterocycles. The van der Waals surface area contributed by atoms with Gasteiger partial charge in [0.15, 0.2) is 0 Å². The second kappa shape index (κ2) is 6.78. The van der Waals surface area contributed by atoms with E-state index in [0.29, 0.717) is 30.7 Å². The van der Waals surface area contributed by atoms with E-state index < -0.39 is 6.10 Å². The second-order valence-corrected chi connectivity index (χ2v) is 5.58. The van der Waals surface area contributed by atoms with Crippen LogP contribution < -0.4 is 10.1 Å². The van der Waals surface area contributed by atoms with Gasteiger partial charge in [0.1, 0.15) is 18.0 Å². The van der Waals surface area contributed by atoms with E-state index in [4.69, 9.17) is 4.74 Å². The summed E-state index contributed by atoms with van der Waals surface area (Å²) in [5.41, 5.74) is 0.496. The zero-order chi connectivity index (χ0) is 16.2. The molecule has 0 spiro atoms. The lowest BCUT2D eigenvalue weighted by molar-refractivity contribution is 0.0433. The molecule has 1 amide bonds. The monoisotopic (exact) mass is 316 g/mol. The molecule has 122 valence electrons. The predicted molar refractivity (Wildman–Crippen MR) is 83.0 cm³/mol. The van der Waals surface area contributed by atoms with Crippen LogP contribution >= 0.6 is 0 Å². The van der Waals surface area contributed by atoms with Crippen molar-refractivity contribution in [3.8, 4) is 5.75 Å². The van der Waals surface area contributed by atoms with Crippen molar-refractivity contribution < 1.29 is 14.6 Å². The summed E-state index contributed by atoms with van der Waals surface area (Å²) in [5, 5.41) is 17.3. The number of amides is 1. The molecule has 3 atom stereocenters. The van der Waals surface area contributed by atoms with Gasteiger partial charge in [0.05, 0.1) is 24.0 Å². The summed E-state index contributed by atoms with van der Waals surface area (Å²) in [4.78, 5) is 16.2. The molecular weight excluding hydrogens is 296 g/mol. The van der Waals surface area contributed by atoms with Gasteiger partial charge in [-0.05, 0) is 31.9 Å². The van der Waals surface area contributed by atoms with E-state index in [1.165, 1.54) is 6.20 Å². The van der Waals surface area contributed by atoms with Gasteiger partial charge in [-0.3, -0.25) is 14.5 Å². The van der Waals surface area contributed by atoms with Crippen LogP contribution in [0.25, 0.3) is 0 Å². The molecule has 0 saturated heterocycles. The summed E-state index contributed by atoms with van der Waals surface area (Å²) < 4.78 is 7.44. The van der Waals surface area contributed by atoms with E-state index >= 15 is 0 Å². The number of carbonyl (C=O) groups excluding carboxylic acids is 1. The molecule has 2 aromatic rings. The van der Waals surface area contributed by atoms with Gasteiger partial charge >= 0.3 is 0 Å². The minimum atomic E-state index is -0.750. The molecular formula is C16H20N4O3. The van der Waals surface area contributed by atoms with Gasteiger partial charge in [0.2, 0.25) is 0 Å². The number of pyridine rings is 1. The lowest BCUT2D eigenvalue weighted by Gasteiger charge is -2.21. The van der Waals surface area contributed by atoms with Crippen LogP contribution in [0, 0.1) is 0 Å². The zero-order valence-corrected chi connectivity index (χ0v) is 12.9. The Morgan fingerprint density at radius 1 is 1.48 bits per heavy atom. The quantitative estimate of drug-likeness (QED) is 0.859. The van der Waals surface area contributed by atoms with Crippen molar-refractivity contribution in [1.29, 1.82) is 0 Å². The van der Waals surface area contributed by atoms with Crippen molar-refractivity contribution in [3.63, 3.8) is 0 Å². The van der Waals surface area contributed by atoms with Crippen LogP contribution in [0.1, 0.15) is 30.1 Å². The summed E-state index contributed by atoms with van der Waals surface area (Å²) in [6.07, 6.45) is 6.75. The standard InChI is InChI=1S/C16H20N4O3/c1-2-20-10-11(8-18-20)16(22)19-13-5-6-14(15(13)21)23-12-4-3-7-17-9-12/h3-4,7-10,13-15,21H,2,5-6H2,1H3,(H,19,22)/t13-,14-,15-/m1/s1. The molecule has 0 unspecified atom stereocenters. The second-order valence-electron chi connectivity index (χ2n) is 5.58. The fraction of sp³-hybridized carbons (Fsp3) is 0.438. The molecule has 2 N–H and O–H groups in total. The van der Waals surface area contributed by atoms with Crippen molar-refractivity contribution in [2.24, 2.45) is 0 Å². The first-order valence-corrected chi connectivity index (χ1v) is 7.75. The molecule has 0 aliphatic heterocycles. The molecule has 1 aliphatic rings. The highest BCUT2D eigenvalue weighted by atomic mass is 16.5. The van der Waals surface area contributed by atoms with Crippen LogP contribution in [0.2, 0.25) is 0 Å². The lowest BCUT2D eigenvalue weighted by atomic mass is 10.2. The van der Waals surface area contributed by atoms with Gasteiger partial charge in [0, 0.05) is 18.9 Å². The van der Waals surface area contributed by atoms with E-state index in [9.17, 15) is 9.90 Å². The third-order valence-corrected chi connectivity index (χ3v) is 4.01. The largest absolute Gasteiger partial charge is 0.486 e. The Morgan fingerprint density at radius 3 is 3.04 bits per heavy atom. The first kappa shape index (κ1) is 15.5. The topological polar surface area (TPSA) is 89.3 Å². The number of rotatable bonds is 5. The zero-order valence-electron chi connectivity index (χ0n) is 12.9. The molecule has 2 heterocycles. The number of hydrogen-bond acceptors (Lipinski definition) is 5. The maximum atomic E-state index is 12.2. The van der Waals surface area contributed by atoms with Gasteiger partial charge in [-0.2, -0.15) is 5.10 Å². The van der Waals surface area contributed by atoms with E-state index in [1.54, 1.807) is 35.4 Å². The molecule has 1 aliphatic carbocycles. The van der Waals surface area contributed by atoms with Crippen LogP contribution in [0.5, 0.6) is 5.75 Å². The smallest absolute Gasteiger partial charge is 0.254 e. The minimum Gasteiger partial charge on any atom is -0.486 e. The molecule has 0 bridgehead atoms. The highest BCUT2D eigenvalue weighted by Crippen LogP contribution is 2.25. The van der Waals surface area contributed by atoms with Crippen molar-refractivity contribution in [3.05, 3.63) is 42.5 Å². The third kappa shape index (κ3) is 3.50. The molecule has 1 saturated carbocycles. The lowest BCUT2D eigenvalue weighted by Crippen LogP contribution is -2.44. The van der Waals surface area contributed by atoms with E-state index in [2.05, 4.69) is 15.4 Å². The first-order valence-electron chi connectivity index (χ1n) is 7.75. The Labute approximate surface area is 134 Å². The number of ether oxygens (including phenoxy) is 1. The average molecular weight is 316 g/mol. The van der Waals surface area contributed by atoms with Crippen molar-refractivity contribution in [1.82, 2.24) is 20.1 Å². The molecule has 1 fully saturated rings. The normalized spacial score (nSPS) is 23.7. The Bertz CT molecular complexity index is 658. The van der Waals surface area contributed by atoms with Gasteiger partial charge < -0.3 is 15.2 Å². The number of carbonyl (C=O) groups is 1. The van der Waals surface area contributed by atoms with Crippen molar-refractivity contribution in [2.75, 3.05) is 0 Å². The Morgan fingerprint density at radius 2 is 2.35 bits per heavy atom. The Hall–Kier alpha value is -2.41. The fourth-order valence-corrected chi connectivity index (χ4v) is 2.73. The predicted octanol–water partition coefficient (Wildman–Crippen LogP) is 0.999. The molecule has 3 rings (SSSR count). The van der Waals surface area contributed by atoms with Crippen LogP contribution in [0.3, 0.4) is 0 Å². The highest BCUT2D eigenvalue weighted by Gasteiger charge is 2.37. The van der Waals surface area contributed by atoms with Crippen LogP contribution in [0.15, 0.2) is 36.9 Å². The number of hydrogen-bond donors (Lipinski definition) is 2. The SMILES string of the molecule is CCn1cc(C(=O)N[C@@H]2CC[C@@H](Oc3cccnc3)[C@@H]2O)cn1. The summed E-state index contributed by atoms with van der Waals surface area (Å²) in [6, 6.07) is 3.25. The number of aliphatic hydroxyl groups is 1. The maximum absolute atomic E-state index is 12.2. The van der Waals surface area contributed by atoms with Crippen LogP contribution in [-0.2, 0) is 6.54 Å². The first-order chi connectivity index (χ1) is 11.2. The fourth-order valence-electron chi connectivity index (χ4n) is 2.73. The van der Waals surface area contributed by atoms with Gasteiger partial charge in [-0.25, -0.2) is 0 Å². The van der Waals surface area contributed by atoms with Gasteiger partial charge in [-0.15, -0.1) is 0 Å². The van der Waals surface area contributed by atoms with Gasteiger partial charge in [0.25, 0.3) is 5.91 Å². The number of aliphatic hydroxyl groups excluding tert-OH is 1. The third-order valence-electron chi connectivity index (χ3n) is 4.01. The Kier molecular flexibility index (Phi) is 4.57. The summed E-state index contributed by atoms with van der Waals surface area (Å²) in [5.74, 6) is 0.392. The highest BCUT2D eigenvalue weighted by molar-refractivity contribution is 5.93. The molecule has 7 nitrogen and oxygen atoms in total. The number of aromatic nitrogens is 3. The molecule has 23 heavy (non-hydrogen) atoms. The molecule has 0 aromatic carbocycles. The van der Waals surface area contributed by atoms with Crippen molar-refractivity contribution in [2.45, 2.75) is 44.6 Å². The summed E-state index contributed by atoms with van der Waals surface area (Å²) >= 11 is 0. The van der Waals surface area contributed by atoms with E-state index in [-0.39, 0.29) is 18.1 Å². The number of aryl methyl sites for hydroxylation is 1. The van der Waals surface area contributed by atoms with Crippen LogP contribution in [0.4, 0.5) is 0 Å². The molecule has 7 heteroatoms. The summed E-state index contributed by atoms with van der Waals surface area (Å²) in [7, 11) is 0. The molecule has 0 radical (unpaired) electrons. The van der Waals surface area contributed by atoms with Gasteiger partial charge in [-0.1, -0.05) is 0 Å². The summed E-state index contributed by atoms with van der Waals surface area (Å²) in [6.45, 7) is 2.66. The minimum absolute atomic E-state index is 0.226. The van der Waals surface area contributed by atoms with Crippen LogP contribution in [-0.4, -0.2) is 44.0 Å². The Balaban J connectivity index is 1.58. The maximum Gasteiger partial charge on any atom is 0.254 e. The number of nitrogens with one attached hydrogen (secondary N) is 1. The van der Waals surface area contributed by atoms with Crippen molar-refractivity contribution >= 4 is 5.91 Å². The average Bonchev–Trinajstić information content (AvgIpc) is 3.18. The van der Waals surface area contributed by atoms with E-state index in [1.807, 2.05) is 6.92 Å². The number of nitrogens with zero attached hydrogens (tertiary/aromatic N) is 3.